The number of nitrogens with zero attached hydrogens (tertiary/aromatic N) is 1. The zero-order valence-electron chi connectivity index (χ0n) is 13.8. The number of benzene rings is 2. The van der Waals surface area contributed by atoms with Gasteiger partial charge in [0.15, 0.2) is 0 Å². The van der Waals surface area contributed by atoms with Crippen molar-refractivity contribution in [3.05, 3.63) is 54.1 Å². The van der Waals surface area contributed by atoms with Crippen LogP contribution in [0.15, 0.2) is 48.5 Å². The predicted octanol–water partition coefficient (Wildman–Crippen LogP) is 3.48. The van der Waals surface area contributed by atoms with Gasteiger partial charge in [-0.05, 0) is 43.7 Å². The van der Waals surface area contributed by atoms with Crippen LogP contribution in [0, 0.1) is 0 Å². The first kappa shape index (κ1) is 15.4. The summed E-state index contributed by atoms with van der Waals surface area (Å²) in [6.45, 7) is 4.87. The van der Waals surface area contributed by atoms with E-state index in [0.29, 0.717) is 13.0 Å². The van der Waals surface area contributed by atoms with Crippen LogP contribution in [0.25, 0.3) is 0 Å². The predicted molar refractivity (Wildman–Crippen MR) is 93.2 cm³/mol. The van der Waals surface area contributed by atoms with Gasteiger partial charge in [0.1, 0.15) is 5.75 Å². The molecular weight excluding hydrogens is 288 g/mol. The molecule has 0 spiro atoms. The van der Waals surface area contributed by atoms with Gasteiger partial charge >= 0.3 is 0 Å². The minimum absolute atomic E-state index is 0.109. The highest BCUT2D eigenvalue weighted by Crippen LogP contribution is 2.34. The zero-order chi connectivity index (χ0) is 16.4. The van der Waals surface area contributed by atoms with Crippen molar-refractivity contribution in [2.24, 2.45) is 0 Å². The summed E-state index contributed by atoms with van der Waals surface area (Å²) in [4.78, 5) is 14.7. The van der Waals surface area contributed by atoms with E-state index >= 15 is 0 Å². The molecule has 1 aliphatic heterocycles. The third-order valence-corrected chi connectivity index (χ3v) is 4.04. The van der Waals surface area contributed by atoms with Gasteiger partial charge in [0.05, 0.1) is 24.9 Å². The normalized spacial score (nSPS) is 15.5. The molecule has 0 fully saturated rings. The highest BCUT2D eigenvalue weighted by Gasteiger charge is 2.32. The summed E-state index contributed by atoms with van der Waals surface area (Å²) >= 11 is 0. The van der Waals surface area contributed by atoms with Crippen LogP contribution in [0.1, 0.15) is 19.4 Å². The molecule has 0 atom stereocenters. The Morgan fingerprint density at radius 1 is 1.17 bits per heavy atom. The smallest absolute Gasteiger partial charge is 0.231 e. The van der Waals surface area contributed by atoms with Crippen molar-refractivity contribution in [3.63, 3.8) is 0 Å². The third kappa shape index (κ3) is 3.31. The van der Waals surface area contributed by atoms with Crippen LogP contribution in [0.2, 0.25) is 0 Å². The van der Waals surface area contributed by atoms with Gasteiger partial charge in [-0.25, -0.2) is 0 Å². The number of fused-ring (bicyclic) bond motifs is 1. The van der Waals surface area contributed by atoms with Gasteiger partial charge in [-0.1, -0.05) is 24.3 Å². The largest absolute Gasteiger partial charge is 0.497 e. The minimum atomic E-state index is -0.149. The fourth-order valence-electron chi connectivity index (χ4n) is 2.94. The Hall–Kier alpha value is -2.49. The fourth-order valence-corrected chi connectivity index (χ4v) is 2.94. The van der Waals surface area contributed by atoms with Crippen molar-refractivity contribution in [2.75, 3.05) is 23.9 Å². The molecule has 1 heterocycles. The molecule has 0 saturated heterocycles. The number of para-hydroxylation sites is 2. The van der Waals surface area contributed by atoms with Crippen molar-refractivity contribution in [3.8, 4) is 5.75 Å². The van der Waals surface area contributed by atoms with Gasteiger partial charge in [-0.2, -0.15) is 0 Å². The van der Waals surface area contributed by atoms with Crippen molar-refractivity contribution >= 4 is 17.3 Å². The monoisotopic (exact) mass is 310 g/mol. The molecule has 0 aliphatic carbocycles. The highest BCUT2D eigenvalue weighted by molar-refractivity contribution is 5.99. The van der Waals surface area contributed by atoms with Gasteiger partial charge in [0.25, 0.3) is 0 Å². The van der Waals surface area contributed by atoms with Gasteiger partial charge in [0.2, 0.25) is 5.91 Å². The van der Waals surface area contributed by atoms with E-state index in [1.165, 1.54) is 0 Å². The number of methoxy groups -OCH3 is 1. The molecule has 1 amide bonds. The molecule has 1 aliphatic rings. The molecule has 23 heavy (non-hydrogen) atoms. The number of carbonyl (C=O) groups excluding carboxylic acids is 1. The summed E-state index contributed by atoms with van der Waals surface area (Å²) in [5.41, 5.74) is 2.80. The molecule has 3 rings (SSSR count). The van der Waals surface area contributed by atoms with Crippen LogP contribution >= 0.6 is 0 Å². The van der Waals surface area contributed by atoms with Crippen LogP contribution in [0.4, 0.5) is 11.4 Å². The first-order valence-electron chi connectivity index (χ1n) is 7.79. The molecule has 0 radical (unpaired) electrons. The number of ether oxygens (including phenoxy) is 1. The summed E-state index contributed by atoms with van der Waals surface area (Å²) in [7, 11) is 1.64. The Labute approximate surface area is 137 Å². The number of carbonyl (C=O) groups is 1. The van der Waals surface area contributed by atoms with E-state index in [1.54, 1.807) is 7.11 Å². The summed E-state index contributed by atoms with van der Waals surface area (Å²) in [6.07, 6.45) is 0.383. The topological polar surface area (TPSA) is 41.6 Å². The molecule has 0 aromatic heterocycles. The van der Waals surface area contributed by atoms with Crippen LogP contribution in [-0.2, 0) is 11.2 Å². The maximum atomic E-state index is 12.8. The number of hydrogen-bond acceptors (Lipinski definition) is 3. The van der Waals surface area contributed by atoms with Crippen LogP contribution in [0.5, 0.6) is 5.75 Å². The number of hydrogen-bond donors (Lipinski definition) is 1. The summed E-state index contributed by atoms with van der Waals surface area (Å²) in [5, 5.41) is 3.49. The SMILES string of the molecule is COc1ccc(CC(=O)N2CC(C)(C)Nc3ccccc32)cc1. The molecule has 0 saturated carbocycles. The van der Waals surface area contributed by atoms with E-state index in [9.17, 15) is 4.79 Å². The fraction of sp³-hybridized carbons (Fsp3) is 0.316. The molecule has 2 aromatic rings. The van der Waals surface area contributed by atoms with Gasteiger partial charge < -0.3 is 15.0 Å². The van der Waals surface area contributed by atoms with Gasteiger partial charge in [-0.3, -0.25) is 4.79 Å². The summed E-state index contributed by atoms with van der Waals surface area (Å²) < 4.78 is 5.16. The lowest BCUT2D eigenvalue weighted by Crippen LogP contribution is -2.51. The maximum absolute atomic E-state index is 12.8. The Bertz CT molecular complexity index is 708. The quantitative estimate of drug-likeness (QED) is 0.944. The summed E-state index contributed by atoms with van der Waals surface area (Å²) in [5.74, 6) is 0.909. The number of amides is 1. The zero-order valence-corrected chi connectivity index (χ0v) is 13.8. The Kier molecular flexibility index (Phi) is 3.99. The average Bonchev–Trinajstić information content (AvgIpc) is 2.54. The lowest BCUT2D eigenvalue weighted by Gasteiger charge is -2.41. The second kappa shape index (κ2) is 5.95. The first-order valence-corrected chi connectivity index (χ1v) is 7.79. The molecule has 0 unspecified atom stereocenters. The van der Waals surface area contributed by atoms with Crippen molar-refractivity contribution in [1.29, 1.82) is 0 Å². The highest BCUT2D eigenvalue weighted by atomic mass is 16.5. The van der Waals surface area contributed by atoms with E-state index < -0.39 is 0 Å². The van der Waals surface area contributed by atoms with E-state index in [-0.39, 0.29) is 11.4 Å². The standard InChI is InChI=1S/C19H22N2O2/c1-19(2)13-21(17-7-5-4-6-16(17)20-19)18(22)12-14-8-10-15(23-3)11-9-14/h4-11,20H,12-13H2,1-3H3. The summed E-state index contributed by atoms with van der Waals surface area (Å²) in [6, 6.07) is 15.6. The molecular formula is C19H22N2O2. The molecule has 0 bridgehead atoms. The van der Waals surface area contributed by atoms with Crippen molar-refractivity contribution < 1.29 is 9.53 Å². The Morgan fingerprint density at radius 3 is 2.57 bits per heavy atom. The number of rotatable bonds is 3. The van der Waals surface area contributed by atoms with Crippen molar-refractivity contribution in [2.45, 2.75) is 25.8 Å². The lowest BCUT2D eigenvalue weighted by molar-refractivity contribution is -0.118. The molecule has 2 aromatic carbocycles. The Morgan fingerprint density at radius 2 is 1.87 bits per heavy atom. The van der Waals surface area contributed by atoms with Crippen LogP contribution in [0.3, 0.4) is 0 Å². The molecule has 4 heteroatoms. The van der Waals surface area contributed by atoms with Gasteiger partial charge in [0, 0.05) is 12.1 Å². The van der Waals surface area contributed by atoms with E-state index in [0.717, 1.165) is 22.7 Å². The second-order valence-electron chi connectivity index (χ2n) is 6.53. The van der Waals surface area contributed by atoms with E-state index in [4.69, 9.17) is 4.74 Å². The van der Waals surface area contributed by atoms with E-state index in [2.05, 4.69) is 19.2 Å². The number of nitrogens with one attached hydrogen (secondary N) is 1. The lowest BCUT2D eigenvalue weighted by atomic mass is 9.98. The Balaban J connectivity index is 1.83. The average molecular weight is 310 g/mol. The van der Waals surface area contributed by atoms with Crippen LogP contribution < -0.4 is 15.0 Å². The van der Waals surface area contributed by atoms with Gasteiger partial charge in [-0.15, -0.1) is 0 Å². The second-order valence-corrected chi connectivity index (χ2v) is 6.53. The molecule has 4 nitrogen and oxygen atoms in total. The maximum Gasteiger partial charge on any atom is 0.231 e. The van der Waals surface area contributed by atoms with Crippen molar-refractivity contribution in [1.82, 2.24) is 0 Å². The first-order chi connectivity index (χ1) is 11.0. The molecule has 1 N–H and O–H groups in total. The minimum Gasteiger partial charge on any atom is -0.497 e. The van der Waals surface area contributed by atoms with E-state index in [1.807, 2.05) is 53.4 Å². The number of anilines is 2. The third-order valence-electron chi connectivity index (χ3n) is 4.04. The van der Waals surface area contributed by atoms with Crippen LogP contribution in [-0.4, -0.2) is 25.1 Å². The molecule has 120 valence electrons.